The monoisotopic (exact) mass is 266 g/mol. The Kier molecular flexibility index (Phi) is 4.80. The van der Waals surface area contributed by atoms with Gasteiger partial charge in [-0.3, -0.25) is 0 Å². The van der Waals surface area contributed by atoms with Crippen molar-refractivity contribution < 1.29 is 19.3 Å². The number of hydrogen-bond acceptors (Lipinski definition) is 4. The maximum Gasteiger partial charge on any atom is 0.184 e. The van der Waals surface area contributed by atoms with E-state index in [0.717, 1.165) is 11.3 Å². The van der Waals surface area contributed by atoms with Crippen molar-refractivity contribution in [3.05, 3.63) is 29.8 Å². The van der Waals surface area contributed by atoms with E-state index >= 15 is 0 Å². The third kappa shape index (κ3) is 3.26. The van der Waals surface area contributed by atoms with Crippen LogP contribution in [0.3, 0.4) is 0 Å². The van der Waals surface area contributed by atoms with E-state index in [2.05, 4.69) is 6.92 Å². The molecule has 1 aliphatic rings. The van der Waals surface area contributed by atoms with Gasteiger partial charge >= 0.3 is 0 Å². The van der Waals surface area contributed by atoms with Gasteiger partial charge in [-0.25, -0.2) is 0 Å². The second-order valence-corrected chi connectivity index (χ2v) is 5.18. The molecule has 0 saturated carbocycles. The molecule has 4 atom stereocenters. The van der Waals surface area contributed by atoms with Gasteiger partial charge < -0.3 is 19.3 Å². The predicted molar refractivity (Wildman–Crippen MR) is 72.0 cm³/mol. The minimum absolute atomic E-state index is 0.0193. The summed E-state index contributed by atoms with van der Waals surface area (Å²) in [6, 6.07) is 7.68. The van der Waals surface area contributed by atoms with Gasteiger partial charge in [0.05, 0.1) is 19.8 Å². The first-order valence-electron chi connectivity index (χ1n) is 6.67. The lowest BCUT2D eigenvalue weighted by Gasteiger charge is -2.37. The van der Waals surface area contributed by atoms with E-state index in [1.54, 1.807) is 7.11 Å². The third-order valence-electron chi connectivity index (χ3n) is 3.59. The number of hydrogen-bond donors (Lipinski definition) is 1. The van der Waals surface area contributed by atoms with Crippen LogP contribution in [-0.4, -0.2) is 31.5 Å². The van der Waals surface area contributed by atoms with E-state index in [1.165, 1.54) is 0 Å². The lowest BCUT2D eigenvalue weighted by molar-refractivity contribution is -0.251. The SMILES string of the molecule is COc1ccc(C2OC[C@@H](C)[C@H]([C@@H](C)CO)O2)cc1. The zero-order valence-corrected chi connectivity index (χ0v) is 11.7. The van der Waals surface area contributed by atoms with Crippen molar-refractivity contribution in [1.82, 2.24) is 0 Å². The van der Waals surface area contributed by atoms with Crippen LogP contribution in [0.25, 0.3) is 0 Å². The molecule has 1 aromatic carbocycles. The van der Waals surface area contributed by atoms with E-state index in [4.69, 9.17) is 14.2 Å². The van der Waals surface area contributed by atoms with Gasteiger partial charge in [0, 0.05) is 24.0 Å². The van der Waals surface area contributed by atoms with Gasteiger partial charge in [0.15, 0.2) is 6.29 Å². The molecule has 2 rings (SSSR count). The summed E-state index contributed by atoms with van der Waals surface area (Å²) in [5.41, 5.74) is 0.975. The number of methoxy groups -OCH3 is 1. The Hall–Kier alpha value is -1.10. The van der Waals surface area contributed by atoms with Crippen molar-refractivity contribution in [2.24, 2.45) is 11.8 Å². The van der Waals surface area contributed by atoms with Gasteiger partial charge in [-0.2, -0.15) is 0 Å². The summed E-state index contributed by atoms with van der Waals surface area (Å²) in [6.07, 6.45) is -0.341. The molecular weight excluding hydrogens is 244 g/mol. The summed E-state index contributed by atoms with van der Waals surface area (Å²) in [7, 11) is 1.64. The van der Waals surface area contributed by atoms with Crippen molar-refractivity contribution in [2.75, 3.05) is 20.3 Å². The van der Waals surface area contributed by atoms with Gasteiger partial charge in [-0.05, 0) is 12.1 Å². The molecule has 0 spiro atoms. The molecule has 1 aliphatic heterocycles. The number of ether oxygens (including phenoxy) is 3. The number of rotatable bonds is 4. The summed E-state index contributed by atoms with van der Waals surface area (Å²) in [5, 5.41) is 9.29. The quantitative estimate of drug-likeness (QED) is 0.909. The van der Waals surface area contributed by atoms with Crippen molar-refractivity contribution in [2.45, 2.75) is 26.2 Å². The lowest BCUT2D eigenvalue weighted by atomic mass is 9.93. The molecule has 1 fully saturated rings. The first-order chi connectivity index (χ1) is 9.15. The molecule has 1 saturated heterocycles. The van der Waals surface area contributed by atoms with E-state index in [1.807, 2.05) is 31.2 Å². The predicted octanol–water partition coefficient (Wildman–Crippen LogP) is 2.37. The molecule has 0 amide bonds. The molecule has 1 N–H and O–H groups in total. The van der Waals surface area contributed by atoms with E-state index in [0.29, 0.717) is 6.61 Å². The highest BCUT2D eigenvalue weighted by Gasteiger charge is 2.33. The molecule has 0 aromatic heterocycles. The largest absolute Gasteiger partial charge is 0.497 e. The van der Waals surface area contributed by atoms with Crippen molar-refractivity contribution in [3.63, 3.8) is 0 Å². The Morgan fingerprint density at radius 2 is 2.05 bits per heavy atom. The highest BCUT2D eigenvalue weighted by atomic mass is 16.7. The Balaban J connectivity index is 2.08. The van der Waals surface area contributed by atoms with Crippen LogP contribution in [-0.2, 0) is 9.47 Å². The second kappa shape index (κ2) is 6.37. The molecule has 19 heavy (non-hydrogen) atoms. The fourth-order valence-electron chi connectivity index (χ4n) is 2.38. The van der Waals surface area contributed by atoms with E-state index < -0.39 is 0 Å². The van der Waals surface area contributed by atoms with E-state index in [-0.39, 0.29) is 30.8 Å². The molecule has 106 valence electrons. The molecule has 1 aromatic rings. The average molecular weight is 266 g/mol. The number of aliphatic hydroxyl groups excluding tert-OH is 1. The van der Waals surface area contributed by atoms with Crippen LogP contribution in [0.5, 0.6) is 5.75 Å². The minimum Gasteiger partial charge on any atom is -0.497 e. The van der Waals surface area contributed by atoms with Crippen LogP contribution < -0.4 is 4.74 Å². The van der Waals surface area contributed by atoms with Crippen LogP contribution in [0.4, 0.5) is 0 Å². The molecular formula is C15H22O4. The van der Waals surface area contributed by atoms with E-state index in [9.17, 15) is 5.11 Å². The summed E-state index contributed by atoms with van der Waals surface area (Å²) >= 11 is 0. The molecule has 1 unspecified atom stereocenters. The Morgan fingerprint density at radius 3 is 2.63 bits per heavy atom. The third-order valence-corrected chi connectivity index (χ3v) is 3.59. The van der Waals surface area contributed by atoms with Gasteiger partial charge in [-0.1, -0.05) is 26.0 Å². The Morgan fingerprint density at radius 1 is 1.37 bits per heavy atom. The smallest absolute Gasteiger partial charge is 0.184 e. The van der Waals surface area contributed by atoms with Gasteiger partial charge in [-0.15, -0.1) is 0 Å². The summed E-state index contributed by atoms with van der Waals surface area (Å²) < 4.78 is 16.9. The molecule has 0 radical (unpaired) electrons. The Bertz CT molecular complexity index is 386. The summed E-state index contributed by atoms with van der Waals surface area (Å²) in [5.74, 6) is 1.21. The number of aliphatic hydroxyl groups is 1. The maximum atomic E-state index is 9.29. The zero-order chi connectivity index (χ0) is 13.8. The topological polar surface area (TPSA) is 47.9 Å². The van der Waals surface area contributed by atoms with Crippen LogP contribution in [0, 0.1) is 11.8 Å². The Labute approximate surface area is 114 Å². The van der Waals surface area contributed by atoms with Gasteiger partial charge in [0.2, 0.25) is 0 Å². The summed E-state index contributed by atoms with van der Waals surface area (Å²) in [4.78, 5) is 0. The minimum atomic E-state index is -0.360. The van der Waals surface area contributed by atoms with Crippen molar-refractivity contribution >= 4 is 0 Å². The first-order valence-corrected chi connectivity index (χ1v) is 6.67. The molecule has 0 aliphatic carbocycles. The summed E-state index contributed by atoms with van der Waals surface area (Å²) in [6.45, 7) is 4.86. The fourth-order valence-corrected chi connectivity index (χ4v) is 2.38. The van der Waals surface area contributed by atoms with Crippen LogP contribution in [0.15, 0.2) is 24.3 Å². The second-order valence-electron chi connectivity index (χ2n) is 5.18. The highest BCUT2D eigenvalue weighted by Crippen LogP contribution is 2.32. The van der Waals surface area contributed by atoms with Crippen LogP contribution in [0.2, 0.25) is 0 Å². The van der Waals surface area contributed by atoms with Crippen molar-refractivity contribution in [3.8, 4) is 5.75 Å². The number of benzene rings is 1. The van der Waals surface area contributed by atoms with Crippen LogP contribution >= 0.6 is 0 Å². The first kappa shape index (κ1) is 14.3. The van der Waals surface area contributed by atoms with Crippen molar-refractivity contribution in [1.29, 1.82) is 0 Å². The van der Waals surface area contributed by atoms with Gasteiger partial charge in [0.25, 0.3) is 0 Å². The molecule has 4 heteroatoms. The normalized spacial score (nSPS) is 28.9. The standard InChI is InChI=1S/C15H22O4/c1-10(8-16)14-11(2)9-18-15(19-14)12-4-6-13(17-3)7-5-12/h4-7,10-11,14-16H,8-9H2,1-3H3/t10-,11+,14-,15?/m0/s1. The molecule has 0 bridgehead atoms. The molecule has 1 heterocycles. The van der Waals surface area contributed by atoms with Crippen LogP contribution in [0.1, 0.15) is 25.7 Å². The fraction of sp³-hybridized carbons (Fsp3) is 0.600. The molecule has 4 nitrogen and oxygen atoms in total. The van der Waals surface area contributed by atoms with Gasteiger partial charge in [0.1, 0.15) is 5.75 Å². The highest BCUT2D eigenvalue weighted by molar-refractivity contribution is 5.28. The zero-order valence-electron chi connectivity index (χ0n) is 11.7. The maximum absolute atomic E-state index is 9.29. The lowest BCUT2D eigenvalue weighted by Crippen LogP contribution is -2.40. The average Bonchev–Trinajstić information content (AvgIpc) is 2.47.